The highest BCUT2D eigenvalue weighted by molar-refractivity contribution is 8.01. The third kappa shape index (κ3) is 1.36. The van der Waals surface area contributed by atoms with Crippen LogP contribution in [0.4, 0.5) is 5.69 Å². The van der Waals surface area contributed by atoms with E-state index in [9.17, 15) is 4.79 Å². The highest BCUT2D eigenvalue weighted by Crippen LogP contribution is 2.38. The SMILES string of the molecule is CC(=O)c1cc2c(s1)SCCN2. The average molecular weight is 199 g/mol. The monoisotopic (exact) mass is 199 g/mol. The lowest BCUT2D eigenvalue weighted by atomic mass is 10.3. The van der Waals surface area contributed by atoms with E-state index >= 15 is 0 Å². The summed E-state index contributed by atoms with van der Waals surface area (Å²) in [5.41, 5.74) is 1.14. The van der Waals surface area contributed by atoms with Crippen molar-refractivity contribution in [1.29, 1.82) is 0 Å². The largest absolute Gasteiger partial charge is 0.383 e. The summed E-state index contributed by atoms with van der Waals surface area (Å²) in [4.78, 5) is 11.9. The van der Waals surface area contributed by atoms with Crippen molar-refractivity contribution >= 4 is 34.6 Å². The van der Waals surface area contributed by atoms with Gasteiger partial charge in [-0.3, -0.25) is 4.79 Å². The third-order valence-corrected chi connectivity index (χ3v) is 4.22. The van der Waals surface area contributed by atoms with Gasteiger partial charge in [-0.25, -0.2) is 0 Å². The molecule has 0 saturated carbocycles. The molecule has 1 aromatic heterocycles. The summed E-state index contributed by atoms with van der Waals surface area (Å²) in [5.74, 6) is 1.27. The van der Waals surface area contributed by atoms with Crippen LogP contribution >= 0.6 is 23.1 Å². The standard InChI is InChI=1S/C8H9NOS2/c1-5(10)7-4-6-8(12-7)11-3-2-9-6/h4,9H,2-3H2,1H3. The first kappa shape index (κ1) is 8.13. The van der Waals surface area contributed by atoms with Crippen LogP contribution in [-0.2, 0) is 0 Å². The number of ketones is 1. The topological polar surface area (TPSA) is 29.1 Å². The number of carbonyl (C=O) groups is 1. The van der Waals surface area contributed by atoms with Gasteiger partial charge in [0.1, 0.15) is 0 Å². The molecule has 0 spiro atoms. The Labute approximate surface area is 79.4 Å². The first-order valence-electron chi connectivity index (χ1n) is 3.79. The van der Waals surface area contributed by atoms with E-state index in [4.69, 9.17) is 0 Å². The van der Waals surface area contributed by atoms with Gasteiger partial charge < -0.3 is 5.32 Å². The zero-order valence-electron chi connectivity index (χ0n) is 6.72. The number of rotatable bonds is 1. The van der Waals surface area contributed by atoms with E-state index in [0.717, 1.165) is 22.9 Å². The Hall–Kier alpha value is -0.480. The molecule has 0 unspecified atom stereocenters. The fourth-order valence-corrected chi connectivity index (χ4v) is 3.30. The van der Waals surface area contributed by atoms with Gasteiger partial charge in [0.15, 0.2) is 5.78 Å². The number of anilines is 1. The smallest absolute Gasteiger partial charge is 0.169 e. The van der Waals surface area contributed by atoms with Crippen LogP contribution in [0.2, 0.25) is 0 Å². The molecule has 1 N–H and O–H groups in total. The highest BCUT2D eigenvalue weighted by Gasteiger charge is 2.14. The number of carbonyl (C=O) groups excluding carboxylic acids is 1. The van der Waals surface area contributed by atoms with Gasteiger partial charge in [0.2, 0.25) is 0 Å². The van der Waals surface area contributed by atoms with E-state index < -0.39 is 0 Å². The van der Waals surface area contributed by atoms with E-state index in [0.29, 0.717) is 0 Å². The molecule has 0 saturated heterocycles. The molecule has 12 heavy (non-hydrogen) atoms. The van der Waals surface area contributed by atoms with Crippen molar-refractivity contribution in [2.45, 2.75) is 11.1 Å². The fourth-order valence-electron chi connectivity index (χ4n) is 1.11. The fraction of sp³-hybridized carbons (Fsp3) is 0.375. The van der Waals surface area contributed by atoms with Crippen molar-refractivity contribution in [2.24, 2.45) is 0 Å². The lowest BCUT2D eigenvalue weighted by Gasteiger charge is -2.11. The summed E-state index contributed by atoms with van der Waals surface area (Å²) in [7, 11) is 0. The average Bonchev–Trinajstić information content (AvgIpc) is 2.46. The lowest BCUT2D eigenvalue weighted by Crippen LogP contribution is -2.07. The minimum absolute atomic E-state index is 0.164. The highest BCUT2D eigenvalue weighted by atomic mass is 32.2. The quantitative estimate of drug-likeness (QED) is 0.704. The molecule has 1 aliphatic rings. The van der Waals surface area contributed by atoms with Gasteiger partial charge in [0, 0.05) is 12.3 Å². The number of nitrogens with one attached hydrogen (secondary N) is 1. The van der Waals surface area contributed by atoms with Gasteiger partial charge in [0.25, 0.3) is 0 Å². The van der Waals surface area contributed by atoms with Crippen LogP contribution in [0.5, 0.6) is 0 Å². The van der Waals surface area contributed by atoms with Crippen LogP contribution in [0.25, 0.3) is 0 Å². The number of hydrogen-bond acceptors (Lipinski definition) is 4. The normalized spacial score (nSPS) is 15.1. The summed E-state index contributed by atoms with van der Waals surface area (Å²) < 4.78 is 1.26. The molecule has 0 bridgehead atoms. The van der Waals surface area contributed by atoms with Gasteiger partial charge in [-0.1, -0.05) is 0 Å². The minimum atomic E-state index is 0.164. The van der Waals surface area contributed by atoms with Crippen LogP contribution in [0.15, 0.2) is 10.3 Å². The number of Topliss-reactive ketones (excluding diaryl/α,β-unsaturated/α-hetero) is 1. The van der Waals surface area contributed by atoms with Gasteiger partial charge in [-0.15, -0.1) is 23.1 Å². The molecule has 0 aromatic carbocycles. The summed E-state index contributed by atoms with van der Waals surface area (Å²) in [5, 5.41) is 3.28. The second-order valence-corrected chi connectivity index (χ2v) is 5.06. The Bertz CT molecular complexity index is 295. The molecule has 2 rings (SSSR count). The van der Waals surface area contributed by atoms with Gasteiger partial charge in [-0.2, -0.15) is 0 Å². The molecule has 2 nitrogen and oxygen atoms in total. The summed E-state index contributed by atoms with van der Waals surface area (Å²) in [6.45, 7) is 2.62. The van der Waals surface area contributed by atoms with Crippen molar-refractivity contribution in [1.82, 2.24) is 0 Å². The molecular weight excluding hydrogens is 190 g/mol. The molecule has 0 aliphatic carbocycles. The van der Waals surface area contributed by atoms with Crippen molar-refractivity contribution in [2.75, 3.05) is 17.6 Å². The molecule has 0 atom stereocenters. The minimum Gasteiger partial charge on any atom is -0.383 e. The number of fused-ring (bicyclic) bond motifs is 1. The summed E-state index contributed by atoms with van der Waals surface area (Å²) in [6, 6.07) is 1.95. The summed E-state index contributed by atoms with van der Waals surface area (Å²) in [6.07, 6.45) is 0. The molecular formula is C8H9NOS2. The van der Waals surface area contributed by atoms with Crippen molar-refractivity contribution in [3.8, 4) is 0 Å². The zero-order chi connectivity index (χ0) is 8.55. The van der Waals surface area contributed by atoms with Crippen LogP contribution in [0.3, 0.4) is 0 Å². The second kappa shape index (κ2) is 3.11. The Morgan fingerprint density at radius 2 is 2.50 bits per heavy atom. The third-order valence-electron chi connectivity index (χ3n) is 1.70. The van der Waals surface area contributed by atoms with Gasteiger partial charge >= 0.3 is 0 Å². The van der Waals surface area contributed by atoms with Crippen molar-refractivity contribution < 1.29 is 4.79 Å². The number of thioether (sulfide) groups is 1. The zero-order valence-corrected chi connectivity index (χ0v) is 8.35. The van der Waals surface area contributed by atoms with Crippen molar-refractivity contribution in [3.05, 3.63) is 10.9 Å². The maximum atomic E-state index is 11.0. The van der Waals surface area contributed by atoms with Crippen LogP contribution in [-0.4, -0.2) is 18.1 Å². The molecule has 0 amide bonds. The van der Waals surface area contributed by atoms with E-state index in [-0.39, 0.29) is 5.78 Å². The molecule has 64 valence electrons. The lowest BCUT2D eigenvalue weighted by molar-refractivity contribution is 0.102. The Morgan fingerprint density at radius 3 is 3.17 bits per heavy atom. The van der Waals surface area contributed by atoms with Crippen LogP contribution in [0, 0.1) is 0 Å². The maximum absolute atomic E-state index is 11.0. The second-order valence-electron chi connectivity index (χ2n) is 2.64. The van der Waals surface area contributed by atoms with E-state index in [1.807, 2.05) is 17.8 Å². The van der Waals surface area contributed by atoms with Crippen LogP contribution in [0.1, 0.15) is 16.6 Å². The maximum Gasteiger partial charge on any atom is 0.169 e. The first-order chi connectivity index (χ1) is 5.77. The summed E-state index contributed by atoms with van der Waals surface area (Å²) >= 11 is 3.43. The van der Waals surface area contributed by atoms with E-state index in [2.05, 4.69) is 5.32 Å². The van der Waals surface area contributed by atoms with E-state index in [1.54, 1.807) is 18.3 Å². The number of thiophene rings is 1. The van der Waals surface area contributed by atoms with E-state index in [1.165, 1.54) is 4.21 Å². The Kier molecular flexibility index (Phi) is 2.11. The Balaban J connectivity index is 2.38. The number of hydrogen-bond donors (Lipinski definition) is 1. The molecule has 2 heterocycles. The van der Waals surface area contributed by atoms with Gasteiger partial charge in [0.05, 0.1) is 14.8 Å². The van der Waals surface area contributed by atoms with Gasteiger partial charge in [-0.05, 0) is 13.0 Å². The molecule has 4 heteroatoms. The first-order valence-corrected chi connectivity index (χ1v) is 5.59. The molecule has 0 fully saturated rings. The van der Waals surface area contributed by atoms with Crippen LogP contribution < -0.4 is 5.32 Å². The van der Waals surface area contributed by atoms with Crippen molar-refractivity contribution in [3.63, 3.8) is 0 Å². The Morgan fingerprint density at radius 1 is 1.67 bits per heavy atom. The molecule has 1 aromatic rings. The molecule has 1 aliphatic heterocycles. The molecule has 0 radical (unpaired) electrons. The predicted molar refractivity (Wildman–Crippen MR) is 53.5 cm³/mol. The predicted octanol–water partition coefficient (Wildman–Crippen LogP) is 2.47.